The predicted octanol–water partition coefficient (Wildman–Crippen LogP) is 0.601. The monoisotopic (exact) mass is 182 g/mol. The first kappa shape index (κ1) is 9.73. The Hall–Kier alpha value is -1.36. The average Bonchev–Trinajstić information content (AvgIpc) is 2.47. The van der Waals surface area contributed by atoms with Crippen LogP contribution in [0.5, 0.6) is 0 Å². The summed E-state index contributed by atoms with van der Waals surface area (Å²) in [6.07, 6.45) is 0. The molecule has 3 N–H and O–H groups in total. The number of amidine groups is 1. The van der Waals surface area contributed by atoms with Crippen LogP contribution in [0.25, 0.3) is 0 Å². The molecule has 0 spiro atoms. The van der Waals surface area contributed by atoms with Gasteiger partial charge in [-0.1, -0.05) is 5.16 Å². The van der Waals surface area contributed by atoms with Crippen LogP contribution >= 0.6 is 0 Å². The van der Waals surface area contributed by atoms with Crippen LogP contribution < -0.4 is 11.3 Å². The number of nitrogens with one attached hydrogen (secondary N) is 1. The fourth-order valence-corrected chi connectivity index (χ4v) is 0.914. The average molecular weight is 182 g/mol. The summed E-state index contributed by atoms with van der Waals surface area (Å²) in [6.45, 7) is 5.74. The molecule has 72 valence electrons. The lowest BCUT2D eigenvalue weighted by atomic mass is 10.3. The van der Waals surface area contributed by atoms with Crippen molar-refractivity contribution >= 4 is 5.84 Å². The summed E-state index contributed by atoms with van der Waals surface area (Å²) in [6, 6.07) is 1.95. The van der Waals surface area contributed by atoms with Crippen LogP contribution in [0, 0.1) is 6.92 Å². The SMILES string of the molecule is Cc1cc(C(=NC(C)C)NN)no1. The van der Waals surface area contributed by atoms with Gasteiger partial charge in [0.1, 0.15) is 11.5 Å². The summed E-state index contributed by atoms with van der Waals surface area (Å²) >= 11 is 0. The third-order valence-electron chi connectivity index (χ3n) is 1.39. The van der Waals surface area contributed by atoms with E-state index in [1.54, 1.807) is 6.07 Å². The molecule has 5 nitrogen and oxygen atoms in total. The molecule has 0 aromatic carbocycles. The summed E-state index contributed by atoms with van der Waals surface area (Å²) in [5.41, 5.74) is 3.12. The van der Waals surface area contributed by atoms with Crippen LogP contribution in [0.4, 0.5) is 0 Å². The van der Waals surface area contributed by atoms with E-state index in [0.29, 0.717) is 11.5 Å². The van der Waals surface area contributed by atoms with Gasteiger partial charge in [0.2, 0.25) is 0 Å². The molecule has 0 aliphatic heterocycles. The normalized spacial score (nSPS) is 12.2. The molecule has 0 aliphatic carbocycles. The number of nitrogens with two attached hydrogens (primary N) is 1. The molecule has 1 heterocycles. The van der Waals surface area contributed by atoms with Gasteiger partial charge in [0, 0.05) is 12.1 Å². The Kier molecular flexibility index (Phi) is 3.02. The molecule has 0 saturated carbocycles. The minimum Gasteiger partial charge on any atom is -0.361 e. The first-order valence-electron chi connectivity index (χ1n) is 4.11. The van der Waals surface area contributed by atoms with Crippen LogP contribution in [-0.2, 0) is 0 Å². The maximum atomic E-state index is 5.30. The second kappa shape index (κ2) is 4.04. The largest absolute Gasteiger partial charge is 0.361 e. The van der Waals surface area contributed by atoms with E-state index in [-0.39, 0.29) is 6.04 Å². The van der Waals surface area contributed by atoms with E-state index in [1.807, 2.05) is 20.8 Å². The molecule has 0 aliphatic rings. The number of aryl methyl sites for hydroxylation is 1. The second-order valence-electron chi connectivity index (χ2n) is 3.04. The first-order chi connectivity index (χ1) is 6.13. The Morgan fingerprint density at radius 3 is 2.77 bits per heavy atom. The van der Waals surface area contributed by atoms with Gasteiger partial charge in [0.25, 0.3) is 0 Å². The van der Waals surface area contributed by atoms with Gasteiger partial charge in [-0.3, -0.25) is 4.99 Å². The number of rotatable bonds is 2. The van der Waals surface area contributed by atoms with Crippen molar-refractivity contribution in [3.05, 3.63) is 17.5 Å². The topological polar surface area (TPSA) is 76.4 Å². The van der Waals surface area contributed by atoms with Gasteiger partial charge >= 0.3 is 0 Å². The molecule has 0 radical (unpaired) electrons. The van der Waals surface area contributed by atoms with E-state index in [1.165, 1.54) is 0 Å². The van der Waals surface area contributed by atoms with Crippen molar-refractivity contribution in [1.82, 2.24) is 10.6 Å². The summed E-state index contributed by atoms with van der Waals surface area (Å²) < 4.78 is 4.90. The number of hydrogen-bond donors (Lipinski definition) is 2. The maximum absolute atomic E-state index is 5.30. The van der Waals surface area contributed by atoms with Crippen molar-refractivity contribution in [3.8, 4) is 0 Å². The van der Waals surface area contributed by atoms with Crippen LogP contribution in [0.15, 0.2) is 15.6 Å². The van der Waals surface area contributed by atoms with Gasteiger partial charge in [-0.05, 0) is 20.8 Å². The molecule has 1 aromatic rings. The summed E-state index contributed by atoms with van der Waals surface area (Å²) in [5, 5.41) is 3.79. The number of nitrogens with zero attached hydrogens (tertiary/aromatic N) is 2. The van der Waals surface area contributed by atoms with E-state index >= 15 is 0 Å². The summed E-state index contributed by atoms with van der Waals surface area (Å²) in [5.74, 6) is 6.59. The smallest absolute Gasteiger partial charge is 0.165 e. The van der Waals surface area contributed by atoms with Crippen molar-refractivity contribution in [2.24, 2.45) is 10.8 Å². The Balaban J connectivity index is 2.90. The van der Waals surface area contributed by atoms with Crippen molar-refractivity contribution < 1.29 is 4.52 Å². The van der Waals surface area contributed by atoms with Crippen molar-refractivity contribution in [2.45, 2.75) is 26.8 Å². The Bertz CT molecular complexity index is 303. The quantitative estimate of drug-likeness (QED) is 0.304. The van der Waals surface area contributed by atoms with Crippen LogP contribution in [0.2, 0.25) is 0 Å². The van der Waals surface area contributed by atoms with E-state index < -0.39 is 0 Å². The number of aromatic nitrogens is 1. The molecule has 0 unspecified atom stereocenters. The molecule has 5 heteroatoms. The molecule has 0 bridgehead atoms. The number of aliphatic imine (C=N–C) groups is 1. The standard InChI is InChI=1S/C8H14N4O/c1-5(2)10-8(11-9)7-4-6(3)13-12-7/h4-5H,9H2,1-3H3,(H,10,11). The summed E-state index contributed by atoms with van der Waals surface area (Å²) in [4.78, 5) is 4.24. The van der Waals surface area contributed by atoms with Crippen molar-refractivity contribution in [2.75, 3.05) is 0 Å². The molecule has 1 aromatic heterocycles. The molecular formula is C8H14N4O. The molecule has 1 rings (SSSR count). The van der Waals surface area contributed by atoms with Gasteiger partial charge in [-0.15, -0.1) is 0 Å². The number of hydrazine groups is 1. The maximum Gasteiger partial charge on any atom is 0.165 e. The minimum absolute atomic E-state index is 0.169. The van der Waals surface area contributed by atoms with Gasteiger partial charge in [-0.25, -0.2) is 5.84 Å². The zero-order valence-corrected chi connectivity index (χ0v) is 8.03. The van der Waals surface area contributed by atoms with E-state index in [0.717, 1.165) is 5.76 Å². The molecular weight excluding hydrogens is 168 g/mol. The fraction of sp³-hybridized carbons (Fsp3) is 0.500. The Morgan fingerprint density at radius 1 is 1.69 bits per heavy atom. The van der Waals surface area contributed by atoms with Crippen LogP contribution in [-0.4, -0.2) is 17.0 Å². The highest BCUT2D eigenvalue weighted by atomic mass is 16.5. The number of hydrogen-bond acceptors (Lipinski definition) is 4. The van der Waals surface area contributed by atoms with Gasteiger partial charge in [0.05, 0.1) is 0 Å². The van der Waals surface area contributed by atoms with Gasteiger partial charge in [0.15, 0.2) is 5.84 Å². The third-order valence-corrected chi connectivity index (χ3v) is 1.39. The van der Waals surface area contributed by atoms with Gasteiger partial charge in [-0.2, -0.15) is 0 Å². The zero-order valence-electron chi connectivity index (χ0n) is 8.03. The predicted molar refractivity (Wildman–Crippen MR) is 50.2 cm³/mol. The molecule has 0 fully saturated rings. The van der Waals surface area contributed by atoms with E-state index in [4.69, 9.17) is 10.4 Å². The minimum atomic E-state index is 0.169. The Morgan fingerprint density at radius 2 is 2.38 bits per heavy atom. The summed E-state index contributed by atoms with van der Waals surface area (Å²) in [7, 11) is 0. The zero-order chi connectivity index (χ0) is 9.84. The van der Waals surface area contributed by atoms with E-state index in [2.05, 4.69) is 15.6 Å². The van der Waals surface area contributed by atoms with Crippen molar-refractivity contribution in [3.63, 3.8) is 0 Å². The highest BCUT2D eigenvalue weighted by Gasteiger charge is 2.07. The van der Waals surface area contributed by atoms with Gasteiger partial charge < -0.3 is 9.95 Å². The lowest BCUT2D eigenvalue weighted by Crippen LogP contribution is -2.32. The third kappa shape index (κ3) is 2.55. The molecule has 0 amide bonds. The molecule has 0 saturated heterocycles. The molecule has 0 atom stereocenters. The Labute approximate surface area is 77.0 Å². The first-order valence-corrected chi connectivity index (χ1v) is 4.11. The fourth-order valence-electron chi connectivity index (χ4n) is 0.914. The molecule has 13 heavy (non-hydrogen) atoms. The van der Waals surface area contributed by atoms with Crippen LogP contribution in [0.3, 0.4) is 0 Å². The highest BCUT2D eigenvalue weighted by molar-refractivity contribution is 5.96. The second-order valence-corrected chi connectivity index (χ2v) is 3.04. The van der Waals surface area contributed by atoms with Crippen molar-refractivity contribution in [1.29, 1.82) is 0 Å². The lowest BCUT2D eigenvalue weighted by molar-refractivity contribution is 0.396. The van der Waals surface area contributed by atoms with E-state index in [9.17, 15) is 0 Å². The highest BCUT2D eigenvalue weighted by Crippen LogP contribution is 2.02. The lowest BCUT2D eigenvalue weighted by Gasteiger charge is -2.02. The van der Waals surface area contributed by atoms with Crippen LogP contribution in [0.1, 0.15) is 25.3 Å².